The summed E-state index contributed by atoms with van der Waals surface area (Å²) in [4.78, 5) is 12.8. The van der Waals surface area contributed by atoms with Gasteiger partial charge in [0.15, 0.2) is 5.82 Å². The summed E-state index contributed by atoms with van der Waals surface area (Å²) >= 11 is 15.8. The molecule has 4 rings (SSSR count). The summed E-state index contributed by atoms with van der Waals surface area (Å²) in [7, 11) is -3.88. The number of carbonyl (C=O) groups excluding carboxylic acids is 1. The van der Waals surface area contributed by atoms with Crippen molar-refractivity contribution in [2.24, 2.45) is 0 Å². The maximum atomic E-state index is 14.0. The Morgan fingerprint density at radius 2 is 1.82 bits per heavy atom. The van der Waals surface area contributed by atoms with Crippen LogP contribution in [-0.4, -0.2) is 41.5 Å². The van der Waals surface area contributed by atoms with Gasteiger partial charge in [-0.2, -0.15) is 9.40 Å². The van der Waals surface area contributed by atoms with Crippen molar-refractivity contribution >= 4 is 60.9 Å². The van der Waals surface area contributed by atoms with Gasteiger partial charge in [0.2, 0.25) is 10.0 Å². The van der Waals surface area contributed by atoms with Crippen LogP contribution in [0.15, 0.2) is 52.0 Å². The average molecular weight is 590 g/mol. The lowest BCUT2D eigenvalue weighted by Crippen LogP contribution is -2.35. The Hall–Kier alpha value is -1.98. The lowest BCUT2D eigenvalue weighted by Gasteiger charge is -2.26. The quantitative estimate of drug-likeness (QED) is 0.407. The number of sulfonamides is 1. The van der Waals surface area contributed by atoms with Crippen molar-refractivity contribution in [3.8, 4) is 0 Å². The molecular weight excluding hydrogens is 570 g/mol. The highest BCUT2D eigenvalue weighted by molar-refractivity contribution is 9.10. The van der Waals surface area contributed by atoms with Gasteiger partial charge in [0.25, 0.3) is 5.91 Å². The number of aromatic nitrogens is 2. The number of halogens is 4. The van der Waals surface area contributed by atoms with Crippen LogP contribution >= 0.6 is 39.1 Å². The fourth-order valence-corrected chi connectivity index (χ4v) is 6.45. The molecule has 0 radical (unpaired) electrons. The monoisotopic (exact) mass is 588 g/mol. The number of hydrogen-bond donors (Lipinski definition) is 1. The molecule has 0 aliphatic carbocycles. The van der Waals surface area contributed by atoms with Crippen molar-refractivity contribution in [2.75, 3.05) is 18.4 Å². The van der Waals surface area contributed by atoms with E-state index in [-0.39, 0.29) is 38.7 Å². The molecule has 0 bridgehead atoms. The van der Waals surface area contributed by atoms with Crippen molar-refractivity contribution < 1.29 is 17.6 Å². The van der Waals surface area contributed by atoms with Gasteiger partial charge in [-0.1, -0.05) is 47.8 Å². The molecule has 1 aliphatic heterocycles. The summed E-state index contributed by atoms with van der Waals surface area (Å²) in [6, 6.07) is 8.75. The smallest absolute Gasteiger partial charge is 0.258 e. The van der Waals surface area contributed by atoms with Crippen LogP contribution in [0.5, 0.6) is 0 Å². The van der Waals surface area contributed by atoms with Gasteiger partial charge >= 0.3 is 0 Å². The minimum atomic E-state index is -3.88. The number of piperidine rings is 1. The summed E-state index contributed by atoms with van der Waals surface area (Å²) < 4.78 is 43.5. The molecule has 2 heterocycles. The SMILES string of the molecule is O=C(Nc1nn(Cc2ccccc2F)cc1Br)c1cc(S(=O)(=O)N2CCCCC2)c(Cl)cc1Cl. The molecule has 2 aromatic carbocycles. The molecular formula is C22H20BrCl2FN4O3S. The lowest BCUT2D eigenvalue weighted by molar-refractivity contribution is 0.102. The highest BCUT2D eigenvalue weighted by Crippen LogP contribution is 2.32. The third-order valence-corrected chi connectivity index (χ3v) is 8.69. The van der Waals surface area contributed by atoms with Crippen LogP contribution in [-0.2, 0) is 16.6 Å². The van der Waals surface area contributed by atoms with Crippen LogP contribution < -0.4 is 5.32 Å². The minimum absolute atomic E-state index is 0.00186. The first-order valence-electron chi connectivity index (χ1n) is 10.4. The van der Waals surface area contributed by atoms with Crippen molar-refractivity contribution in [1.82, 2.24) is 14.1 Å². The molecule has 0 atom stereocenters. The first-order valence-corrected chi connectivity index (χ1v) is 13.4. The van der Waals surface area contributed by atoms with E-state index in [1.807, 2.05) is 0 Å². The molecule has 1 aromatic heterocycles. The first-order chi connectivity index (χ1) is 16.2. The maximum Gasteiger partial charge on any atom is 0.258 e. The lowest BCUT2D eigenvalue weighted by atomic mass is 10.2. The van der Waals surface area contributed by atoms with Crippen LogP contribution in [0, 0.1) is 5.82 Å². The van der Waals surface area contributed by atoms with Crippen LogP contribution in [0.3, 0.4) is 0 Å². The first kappa shape index (κ1) is 25.1. The number of rotatable bonds is 6. The number of amides is 1. The number of benzene rings is 2. The third-order valence-electron chi connectivity index (χ3n) is 5.44. The summed E-state index contributed by atoms with van der Waals surface area (Å²) in [5.41, 5.74) is 0.376. The predicted molar refractivity (Wildman–Crippen MR) is 132 cm³/mol. The fraction of sp³-hybridized carbons (Fsp3) is 0.273. The summed E-state index contributed by atoms with van der Waals surface area (Å²) in [5.74, 6) is -0.850. The van der Waals surface area contributed by atoms with Crippen molar-refractivity contribution in [1.29, 1.82) is 0 Å². The molecule has 12 heteroatoms. The van der Waals surface area contributed by atoms with Crippen molar-refractivity contribution in [2.45, 2.75) is 30.7 Å². The Labute approximate surface area is 215 Å². The van der Waals surface area contributed by atoms with Gasteiger partial charge in [0, 0.05) is 24.8 Å². The second kappa shape index (κ2) is 10.3. The van der Waals surface area contributed by atoms with E-state index in [9.17, 15) is 17.6 Å². The Kier molecular flexibility index (Phi) is 7.63. The van der Waals surface area contributed by atoms with Crippen LogP contribution in [0.4, 0.5) is 10.2 Å². The normalized spacial score (nSPS) is 14.8. The molecule has 1 amide bonds. The van der Waals surface area contributed by atoms with Gasteiger partial charge in [-0.05, 0) is 47.0 Å². The van der Waals surface area contributed by atoms with E-state index >= 15 is 0 Å². The Morgan fingerprint density at radius 3 is 2.53 bits per heavy atom. The van der Waals surface area contributed by atoms with Crippen molar-refractivity contribution in [3.63, 3.8) is 0 Å². The van der Waals surface area contributed by atoms with Gasteiger partial charge in [-0.3, -0.25) is 9.48 Å². The maximum absolute atomic E-state index is 14.0. The van der Waals surface area contributed by atoms with Gasteiger partial charge in [-0.25, -0.2) is 12.8 Å². The Balaban J connectivity index is 1.58. The van der Waals surface area contributed by atoms with E-state index < -0.39 is 15.9 Å². The van der Waals surface area contributed by atoms with Crippen molar-refractivity contribution in [3.05, 3.63) is 74.1 Å². The summed E-state index contributed by atoms with van der Waals surface area (Å²) in [6.07, 6.45) is 4.09. The zero-order chi connectivity index (χ0) is 24.5. The van der Waals surface area contributed by atoms with E-state index in [2.05, 4.69) is 26.3 Å². The van der Waals surface area contributed by atoms with Crippen LogP contribution in [0.2, 0.25) is 10.0 Å². The number of carbonyl (C=O) groups is 1. The Morgan fingerprint density at radius 1 is 1.12 bits per heavy atom. The molecule has 0 spiro atoms. The van der Waals surface area contributed by atoms with E-state index in [1.165, 1.54) is 27.2 Å². The fourth-order valence-electron chi connectivity index (χ4n) is 3.68. The molecule has 0 unspecified atom stereocenters. The third kappa shape index (κ3) is 5.31. The molecule has 1 fully saturated rings. The van der Waals surface area contributed by atoms with Gasteiger partial charge in [-0.15, -0.1) is 0 Å². The van der Waals surface area contributed by atoms with Gasteiger partial charge < -0.3 is 5.32 Å². The number of nitrogens with zero attached hydrogens (tertiary/aromatic N) is 3. The second-order valence-electron chi connectivity index (χ2n) is 7.80. The molecule has 0 saturated carbocycles. The molecule has 1 saturated heterocycles. The van der Waals surface area contributed by atoms with E-state index in [4.69, 9.17) is 23.2 Å². The average Bonchev–Trinajstić information content (AvgIpc) is 3.14. The zero-order valence-corrected chi connectivity index (χ0v) is 21.7. The highest BCUT2D eigenvalue weighted by Gasteiger charge is 2.30. The van der Waals surface area contributed by atoms with Gasteiger partial charge in [0.05, 0.1) is 26.6 Å². The van der Waals surface area contributed by atoms with E-state index in [0.29, 0.717) is 23.1 Å². The molecule has 34 heavy (non-hydrogen) atoms. The molecule has 3 aromatic rings. The number of nitrogens with one attached hydrogen (secondary N) is 1. The number of anilines is 1. The second-order valence-corrected chi connectivity index (χ2v) is 11.4. The highest BCUT2D eigenvalue weighted by atomic mass is 79.9. The molecule has 180 valence electrons. The zero-order valence-electron chi connectivity index (χ0n) is 17.8. The molecule has 7 nitrogen and oxygen atoms in total. The molecule has 1 N–H and O–H groups in total. The van der Waals surface area contributed by atoms with Gasteiger partial charge in [0.1, 0.15) is 10.7 Å². The van der Waals surface area contributed by atoms with E-state index in [1.54, 1.807) is 24.4 Å². The van der Waals surface area contributed by atoms with Crippen LogP contribution in [0.1, 0.15) is 35.2 Å². The topological polar surface area (TPSA) is 84.3 Å². The largest absolute Gasteiger partial charge is 0.304 e. The predicted octanol–water partition coefficient (Wildman–Crippen LogP) is 5.57. The molecule has 1 aliphatic rings. The van der Waals surface area contributed by atoms with E-state index in [0.717, 1.165) is 19.3 Å². The minimum Gasteiger partial charge on any atom is -0.304 e. The number of hydrogen-bond acceptors (Lipinski definition) is 4. The van der Waals surface area contributed by atoms with Crippen LogP contribution in [0.25, 0.3) is 0 Å². The summed E-state index contributed by atoms with van der Waals surface area (Å²) in [6.45, 7) is 0.950. The summed E-state index contributed by atoms with van der Waals surface area (Å²) in [5, 5.41) is 6.85. The standard InChI is InChI=1S/C22H20BrCl2FN4O3S/c23-16-13-29(12-14-6-2-3-7-19(14)26)28-21(16)27-22(31)15-10-20(18(25)11-17(15)24)34(32,33)30-8-4-1-5-9-30/h2-3,6-7,10-11,13H,1,4-5,8-9,12H2,(H,27,28,31). The Bertz CT molecular complexity index is 1340.